The zero-order valence-corrected chi connectivity index (χ0v) is 22.9. The van der Waals surface area contributed by atoms with Crippen molar-refractivity contribution in [3.05, 3.63) is 45.5 Å². The number of hydrogen-bond donors (Lipinski definition) is 3. The molecule has 220 valence electrons. The Kier molecular flexibility index (Phi) is 11.6. The van der Waals surface area contributed by atoms with E-state index in [1.165, 1.54) is 6.92 Å². The number of carbonyl (C=O) groups excluding carboxylic acids is 2. The third-order valence-corrected chi connectivity index (χ3v) is 6.70. The molecule has 1 aromatic heterocycles. The number of aliphatic hydroxyl groups excluding tert-OH is 1. The van der Waals surface area contributed by atoms with Gasteiger partial charge in [0.2, 0.25) is 6.79 Å². The number of halogens is 1. The lowest BCUT2D eigenvalue weighted by Crippen LogP contribution is -2.37. The van der Waals surface area contributed by atoms with Gasteiger partial charge in [0.1, 0.15) is 18.0 Å². The molecule has 0 radical (unpaired) electrons. The predicted octanol–water partition coefficient (Wildman–Crippen LogP) is 1.48. The Labute approximate surface area is 222 Å². The SMILES string of the molecule is C=C(F)[C@H]1[C@@H](O)[C@H](n2ccc(=O)[nH]c2=O)O[C@@H]1COP(=O)(N[C@@H](C)C(=O)OC(C)C)OCOC(=O)OC(C)C. The second-order valence-corrected chi connectivity index (χ2v) is 10.8. The van der Waals surface area contributed by atoms with Gasteiger partial charge in [0, 0.05) is 12.3 Å². The van der Waals surface area contributed by atoms with Gasteiger partial charge in [0.05, 0.1) is 30.8 Å². The van der Waals surface area contributed by atoms with Crippen LogP contribution < -0.4 is 16.3 Å². The Morgan fingerprint density at radius 3 is 2.41 bits per heavy atom. The lowest BCUT2D eigenvalue weighted by Gasteiger charge is -2.25. The highest BCUT2D eigenvalue weighted by atomic mass is 31.2. The molecular weight excluding hydrogens is 548 g/mol. The summed E-state index contributed by atoms with van der Waals surface area (Å²) in [4.78, 5) is 49.4. The predicted molar refractivity (Wildman–Crippen MR) is 131 cm³/mol. The van der Waals surface area contributed by atoms with Crippen LogP contribution in [0.3, 0.4) is 0 Å². The van der Waals surface area contributed by atoms with Gasteiger partial charge >= 0.3 is 25.6 Å². The smallest absolute Gasteiger partial charge is 0.462 e. The highest BCUT2D eigenvalue weighted by molar-refractivity contribution is 7.51. The van der Waals surface area contributed by atoms with Crippen LogP contribution in [0.2, 0.25) is 0 Å². The van der Waals surface area contributed by atoms with Crippen LogP contribution in [0.5, 0.6) is 0 Å². The minimum absolute atomic E-state index is 0.491. The summed E-state index contributed by atoms with van der Waals surface area (Å²) in [6.45, 7) is 9.18. The van der Waals surface area contributed by atoms with E-state index in [0.717, 1.165) is 16.8 Å². The van der Waals surface area contributed by atoms with Crippen LogP contribution in [0, 0.1) is 5.92 Å². The Hall–Kier alpha value is -2.88. The summed E-state index contributed by atoms with van der Waals surface area (Å²) in [6.07, 6.45) is -5.59. The first-order valence-corrected chi connectivity index (χ1v) is 13.4. The van der Waals surface area contributed by atoms with E-state index < -0.39 is 93.0 Å². The maximum Gasteiger partial charge on any atom is 0.510 e. The molecule has 1 fully saturated rings. The molecule has 15 nitrogen and oxygen atoms in total. The number of esters is 1. The molecule has 0 bridgehead atoms. The van der Waals surface area contributed by atoms with Crippen molar-refractivity contribution in [1.82, 2.24) is 14.6 Å². The van der Waals surface area contributed by atoms with Crippen LogP contribution in [0.15, 0.2) is 34.3 Å². The van der Waals surface area contributed by atoms with Crippen molar-refractivity contribution in [2.75, 3.05) is 13.4 Å². The molecular formula is C22H33FN3O12P. The number of nitrogens with zero attached hydrogens (tertiary/aromatic N) is 1. The summed E-state index contributed by atoms with van der Waals surface area (Å²) in [5, 5.41) is 13.0. The van der Waals surface area contributed by atoms with E-state index in [9.17, 15) is 33.2 Å². The molecule has 2 rings (SSSR count). The average Bonchev–Trinajstić information content (AvgIpc) is 3.13. The van der Waals surface area contributed by atoms with Crippen molar-refractivity contribution in [3.8, 4) is 0 Å². The number of aromatic nitrogens is 2. The van der Waals surface area contributed by atoms with E-state index in [-0.39, 0.29) is 0 Å². The minimum atomic E-state index is -4.51. The lowest BCUT2D eigenvalue weighted by atomic mass is 9.97. The fraction of sp³-hybridized carbons (Fsp3) is 0.636. The number of rotatable bonds is 13. The van der Waals surface area contributed by atoms with Gasteiger partial charge in [-0.25, -0.2) is 23.6 Å². The van der Waals surface area contributed by atoms with Crippen molar-refractivity contribution in [2.24, 2.45) is 5.92 Å². The molecule has 6 atom stereocenters. The fourth-order valence-electron chi connectivity index (χ4n) is 3.41. The standard InChI is InChI=1S/C22H33FN3O12P/c1-11(2)36-20(29)14(6)25-39(32,35-10-33-22(31)37-12(3)4)34-9-15-17(13(5)23)18(28)19(38-15)26-8-7-16(27)24-21(26)30/h7-8,11-12,14-15,17-19,28H,5,9-10H2,1-4,6H3,(H,25,32)(H,24,27,30)/t14-,15+,17+,18+,19+,39?/m0/s1. The molecule has 0 amide bonds. The first-order chi connectivity index (χ1) is 18.1. The van der Waals surface area contributed by atoms with Gasteiger partial charge in [0.15, 0.2) is 6.23 Å². The summed E-state index contributed by atoms with van der Waals surface area (Å²) in [5.41, 5.74) is -1.64. The molecule has 1 aromatic rings. The van der Waals surface area contributed by atoms with Crippen molar-refractivity contribution >= 4 is 19.9 Å². The first kappa shape index (κ1) is 32.3. The van der Waals surface area contributed by atoms with E-state index >= 15 is 0 Å². The molecule has 0 saturated carbocycles. The number of aromatic amines is 1. The largest absolute Gasteiger partial charge is 0.510 e. The summed E-state index contributed by atoms with van der Waals surface area (Å²) in [5.74, 6) is -3.30. The lowest BCUT2D eigenvalue weighted by molar-refractivity contribution is -0.149. The van der Waals surface area contributed by atoms with Crippen molar-refractivity contribution in [3.63, 3.8) is 0 Å². The van der Waals surface area contributed by atoms with Gasteiger partial charge < -0.3 is 24.1 Å². The highest BCUT2D eigenvalue weighted by Gasteiger charge is 2.48. The number of aliphatic hydroxyl groups is 1. The minimum Gasteiger partial charge on any atom is -0.462 e. The van der Waals surface area contributed by atoms with Gasteiger partial charge in [-0.05, 0) is 34.6 Å². The topological polar surface area (TPSA) is 194 Å². The zero-order valence-electron chi connectivity index (χ0n) is 22.0. The van der Waals surface area contributed by atoms with Crippen LogP contribution in [-0.4, -0.2) is 70.6 Å². The van der Waals surface area contributed by atoms with Gasteiger partial charge in [0.25, 0.3) is 5.56 Å². The number of ether oxygens (including phenoxy) is 4. The molecule has 3 N–H and O–H groups in total. The molecule has 39 heavy (non-hydrogen) atoms. The molecule has 17 heteroatoms. The molecule has 1 unspecified atom stereocenters. The summed E-state index contributed by atoms with van der Waals surface area (Å²) in [7, 11) is -4.51. The fourth-order valence-corrected chi connectivity index (χ4v) is 4.75. The van der Waals surface area contributed by atoms with Crippen LogP contribution in [0.1, 0.15) is 40.8 Å². The summed E-state index contributed by atoms with van der Waals surface area (Å²) in [6, 6.07) is -0.246. The monoisotopic (exact) mass is 581 g/mol. The maximum absolute atomic E-state index is 14.3. The van der Waals surface area contributed by atoms with E-state index in [1.54, 1.807) is 27.7 Å². The Morgan fingerprint density at radius 1 is 1.21 bits per heavy atom. The molecule has 1 aliphatic heterocycles. The highest BCUT2D eigenvalue weighted by Crippen LogP contribution is 2.47. The Balaban J connectivity index is 2.22. The van der Waals surface area contributed by atoms with Gasteiger partial charge in [-0.2, -0.15) is 0 Å². The zero-order chi connectivity index (χ0) is 29.5. The van der Waals surface area contributed by atoms with E-state index in [0.29, 0.717) is 0 Å². The molecule has 1 aliphatic rings. The molecule has 0 spiro atoms. The Morgan fingerprint density at radius 2 is 1.85 bits per heavy atom. The Bertz CT molecular complexity index is 1190. The molecule has 0 aromatic carbocycles. The van der Waals surface area contributed by atoms with E-state index in [2.05, 4.69) is 11.7 Å². The second kappa shape index (κ2) is 14.0. The van der Waals surface area contributed by atoms with Crippen LogP contribution in [0.25, 0.3) is 0 Å². The molecule has 2 heterocycles. The quantitative estimate of drug-likeness (QED) is 0.172. The molecule has 1 saturated heterocycles. The average molecular weight is 581 g/mol. The van der Waals surface area contributed by atoms with Crippen LogP contribution in [-0.2, 0) is 37.4 Å². The van der Waals surface area contributed by atoms with Gasteiger partial charge in [-0.15, -0.1) is 0 Å². The summed E-state index contributed by atoms with van der Waals surface area (Å²) < 4.78 is 59.2. The third-order valence-electron chi connectivity index (χ3n) is 5.06. The van der Waals surface area contributed by atoms with Crippen molar-refractivity contribution < 1.29 is 51.6 Å². The number of nitrogens with one attached hydrogen (secondary N) is 2. The third kappa shape index (κ3) is 9.37. The first-order valence-electron chi connectivity index (χ1n) is 11.8. The molecule has 0 aliphatic carbocycles. The van der Waals surface area contributed by atoms with Gasteiger partial charge in [-0.3, -0.25) is 28.2 Å². The normalized spacial score (nSPS) is 23.3. The van der Waals surface area contributed by atoms with Crippen LogP contribution >= 0.6 is 7.75 Å². The summed E-state index contributed by atoms with van der Waals surface area (Å²) >= 11 is 0. The van der Waals surface area contributed by atoms with Crippen molar-refractivity contribution in [1.29, 1.82) is 0 Å². The second-order valence-electron chi connectivity index (χ2n) is 8.98. The van der Waals surface area contributed by atoms with Crippen molar-refractivity contribution in [2.45, 2.75) is 71.3 Å². The number of H-pyrrole nitrogens is 1. The maximum atomic E-state index is 14.3. The number of carbonyl (C=O) groups is 2. The van der Waals surface area contributed by atoms with Crippen LogP contribution in [0.4, 0.5) is 9.18 Å². The number of hydrogen-bond acceptors (Lipinski definition) is 12. The van der Waals surface area contributed by atoms with E-state index in [4.69, 9.17) is 28.0 Å². The van der Waals surface area contributed by atoms with Gasteiger partial charge in [-0.1, -0.05) is 6.58 Å². The van der Waals surface area contributed by atoms with E-state index in [1.807, 2.05) is 4.98 Å².